The molecule has 0 heterocycles. The van der Waals surface area contributed by atoms with Crippen molar-refractivity contribution in [3.05, 3.63) is 28.3 Å². The molecule has 0 atom stereocenters. The van der Waals surface area contributed by atoms with E-state index >= 15 is 0 Å². The molecule has 1 aromatic carbocycles. The average Bonchev–Trinajstić information content (AvgIpc) is 2.25. The van der Waals surface area contributed by atoms with Gasteiger partial charge in [-0.15, -0.1) is 0 Å². The van der Waals surface area contributed by atoms with Crippen LogP contribution in [0, 0.1) is 20.8 Å². The molecule has 3 N–H and O–H groups in total. The van der Waals surface area contributed by atoms with Gasteiger partial charge in [0.2, 0.25) is 0 Å². The number of carbonyl (C=O) groups excluding carboxylic acids is 1. The van der Waals surface area contributed by atoms with E-state index in [0.717, 1.165) is 23.3 Å². The number of primary amides is 1. The van der Waals surface area contributed by atoms with Crippen LogP contribution in [0.25, 0.3) is 0 Å². The largest absolute Gasteiger partial charge is 0.496 e. The maximum atomic E-state index is 10.6. The minimum atomic E-state index is -0.495. The van der Waals surface area contributed by atoms with Crippen molar-refractivity contribution in [2.24, 2.45) is 5.73 Å². The predicted octanol–water partition coefficient (Wildman–Crippen LogP) is 1.83. The molecule has 94 valence electrons. The van der Waals surface area contributed by atoms with Crippen LogP contribution in [0.15, 0.2) is 6.07 Å². The fourth-order valence-electron chi connectivity index (χ4n) is 2.00. The number of ether oxygens (including phenoxy) is 1. The summed E-state index contributed by atoms with van der Waals surface area (Å²) in [5.41, 5.74) is 9.70. The van der Waals surface area contributed by atoms with E-state index < -0.39 is 6.03 Å². The predicted molar refractivity (Wildman–Crippen MR) is 68.5 cm³/mol. The minimum Gasteiger partial charge on any atom is -0.496 e. The van der Waals surface area contributed by atoms with Crippen LogP contribution >= 0.6 is 0 Å². The fraction of sp³-hybridized carbons (Fsp3) is 0.462. The van der Waals surface area contributed by atoms with Gasteiger partial charge in [-0.1, -0.05) is 6.07 Å². The lowest BCUT2D eigenvalue weighted by Gasteiger charge is -2.16. The van der Waals surface area contributed by atoms with Gasteiger partial charge in [0.15, 0.2) is 0 Å². The average molecular weight is 236 g/mol. The normalized spacial score (nSPS) is 10.1. The van der Waals surface area contributed by atoms with Crippen molar-refractivity contribution < 1.29 is 9.53 Å². The van der Waals surface area contributed by atoms with Crippen LogP contribution in [0.5, 0.6) is 5.75 Å². The molecule has 0 spiro atoms. The van der Waals surface area contributed by atoms with E-state index in [9.17, 15) is 4.79 Å². The Balaban J connectivity index is 2.97. The highest BCUT2D eigenvalue weighted by molar-refractivity contribution is 5.71. The zero-order valence-electron chi connectivity index (χ0n) is 10.9. The number of benzene rings is 1. The summed E-state index contributed by atoms with van der Waals surface area (Å²) in [5, 5.41) is 2.59. The molecule has 0 saturated carbocycles. The van der Waals surface area contributed by atoms with Gasteiger partial charge in [-0.05, 0) is 49.4 Å². The number of aryl methyl sites for hydroxylation is 2. The van der Waals surface area contributed by atoms with Crippen molar-refractivity contribution in [2.75, 3.05) is 13.7 Å². The van der Waals surface area contributed by atoms with E-state index in [4.69, 9.17) is 10.5 Å². The molecule has 4 heteroatoms. The quantitative estimate of drug-likeness (QED) is 0.837. The van der Waals surface area contributed by atoms with Crippen LogP contribution in [0.4, 0.5) is 4.79 Å². The van der Waals surface area contributed by atoms with Gasteiger partial charge in [-0.25, -0.2) is 4.79 Å². The van der Waals surface area contributed by atoms with Crippen molar-refractivity contribution in [1.82, 2.24) is 5.32 Å². The summed E-state index contributed by atoms with van der Waals surface area (Å²) in [6, 6.07) is 1.64. The van der Waals surface area contributed by atoms with E-state index in [2.05, 4.69) is 25.2 Å². The van der Waals surface area contributed by atoms with Gasteiger partial charge in [0, 0.05) is 6.54 Å². The molecule has 0 aliphatic heterocycles. The molecule has 1 rings (SSSR count). The number of nitrogens with two attached hydrogens (primary N) is 1. The van der Waals surface area contributed by atoms with Gasteiger partial charge in [0.25, 0.3) is 0 Å². The van der Waals surface area contributed by atoms with Crippen molar-refractivity contribution >= 4 is 6.03 Å². The van der Waals surface area contributed by atoms with Crippen LogP contribution in [0.3, 0.4) is 0 Å². The number of carbonyl (C=O) groups is 1. The summed E-state index contributed by atoms with van der Waals surface area (Å²) < 4.78 is 5.45. The third kappa shape index (κ3) is 3.12. The van der Waals surface area contributed by atoms with Crippen LogP contribution in [0.1, 0.15) is 22.3 Å². The summed E-state index contributed by atoms with van der Waals surface area (Å²) in [6.07, 6.45) is 0.721. The van der Waals surface area contributed by atoms with E-state index in [1.807, 2.05) is 6.92 Å². The highest BCUT2D eigenvalue weighted by Crippen LogP contribution is 2.29. The lowest BCUT2D eigenvalue weighted by Crippen LogP contribution is -2.31. The van der Waals surface area contributed by atoms with Crippen LogP contribution in [0.2, 0.25) is 0 Å². The molecule has 2 amide bonds. The zero-order chi connectivity index (χ0) is 13.0. The topological polar surface area (TPSA) is 64.3 Å². The van der Waals surface area contributed by atoms with Crippen LogP contribution < -0.4 is 15.8 Å². The number of hydrogen-bond donors (Lipinski definition) is 2. The standard InChI is InChI=1S/C13H20N2O2/c1-8-7-9(2)11(5-6-15-13(14)16)12(17-4)10(8)3/h7H,5-6H2,1-4H3,(H3,14,15,16). The molecular formula is C13H20N2O2. The van der Waals surface area contributed by atoms with Gasteiger partial charge in [-0.3, -0.25) is 0 Å². The maximum absolute atomic E-state index is 10.6. The SMILES string of the molecule is COc1c(C)c(C)cc(C)c1CCNC(N)=O. The van der Waals surface area contributed by atoms with Crippen molar-refractivity contribution in [1.29, 1.82) is 0 Å². The summed E-state index contributed by atoms with van der Waals surface area (Å²) in [7, 11) is 1.67. The maximum Gasteiger partial charge on any atom is 0.312 e. The van der Waals surface area contributed by atoms with Gasteiger partial charge in [-0.2, -0.15) is 0 Å². The van der Waals surface area contributed by atoms with Crippen LogP contribution in [-0.4, -0.2) is 19.7 Å². The number of hydrogen-bond acceptors (Lipinski definition) is 2. The van der Waals surface area contributed by atoms with Crippen molar-refractivity contribution in [2.45, 2.75) is 27.2 Å². The Hall–Kier alpha value is -1.71. The molecular weight excluding hydrogens is 216 g/mol. The smallest absolute Gasteiger partial charge is 0.312 e. The Bertz CT molecular complexity index is 428. The highest BCUT2D eigenvalue weighted by atomic mass is 16.5. The Kier molecular flexibility index (Phi) is 4.37. The second-order valence-electron chi connectivity index (χ2n) is 4.19. The van der Waals surface area contributed by atoms with Gasteiger partial charge in [0.1, 0.15) is 5.75 Å². The first kappa shape index (κ1) is 13.4. The lowest BCUT2D eigenvalue weighted by atomic mass is 9.97. The van der Waals surface area contributed by atoms with E-state index in [-0.39, 0.29) is 0 Å². The second-order valence-corrected chi connectivity index (χ2v) is 4.19. The van der Waals surface area contributed by atoms with Gasteiger partial charge in [0.05, 0.1) is 7.11 Å². The lowest BCUT2D eigenvalue weighted by molar-refractivity contribution is 0.249. The molecule has 0 bridgehead atoms. The number of urea groups is 1. The number of methoxy groups -OCH3 is 1. The van der Waals surface area contributed by atoms with Crippen molar-refractivity contribution in [3.63, 3.8) is 0 Å². The molecule has 4 nitrogen and oxygen atoms in total. The molecule has 0 aliphatic rings. The Labute approximate surface area is 102 Å². The number of amides is 2. The fourth-order valence-corrected chi connectivity index (χ4v) is 2.00. The third-order valence-electron chi connectivity index (χ3n) is 2.99. The van der Waals surface area contributed by atoms with Gasteiger partial charge >= 0.3 is 6.03 Å². The second kappa shape index (κ2) is 5.57. The Morgan fingerprint density at radius 3 is 2.53 bits per heavy atom. The molecule has 1 aromatic rings. The van der Waals surface area contributed by atoms with E-state index in [1.165, 1.54) is 11.1 Å². The van der Waals surface area contributed by atoms with Gasteiger partial charge < -0.3 is 15.8 Å². The first-order valence-corrected chi connectivity index (χ1v) is 5.64. The summed E-state index contributed by atoms with van der Waals surface area (Å²) >= 11 is 0. The molecule has 0 unspecified atom stereocenters. The van der Waals surface area contributed by atoms with E-state index in [1.54, 1.807) is 7.11 Å². The monoisotopic (exact) mass is 236 g/mol. The molecule has 0 aliphatic carbocycles. The summed E-state index contributed by atoms with van der Waals surface area (Å²) in [6.45, 7) is 6.68. The zero-order valence-corrected chi connectivity index (χ0v) is 10.9. The molecule has 0 radical (unpaired) electrons. The number of rotatable bonds is 4. The third-order valence-corrected chi connectivity index (χ3v) is 2.99. The first-order chi connectivity index (χ1) is 7.97. The molecule has 0 saturated heterocycles. The van der Waals surface area contributed by atoms with Crippen molar-refractivity contribution in [3.8, 4) is 5.75 Å². The molecule has 0 aromatic heterocycles. The first-order valence-electron chi connectivity index (χ1n) is 5.64. The highest BCUT2D eigenvalue weighted by Gasteiger charge is 2.11. The minimum absolute atomic E-state index is 0.495. The Morgan fingerprint density at radius 2 is 2.00 bits per heavy atom. The van der Waals surface area contributed by atoms with E-state index in [0.29, 0.717) is 6.54 Å². The Morgan fingerprint density at radius 1 is 1.35 bits per heavy atom. The van der Waals surface area contributed by atoms with Crippen LogP contribution in [-0.2, 0) is 6.42 Å². The molecule has 0 fully saturated rings. The summed E-state index contributed by atoms with van der Waals surface area (Å²) in [4.78, 5) is 10.6. The molecule has 17 heavy (non-hydrogen) atoms. The number of nitrogens with one attached hydrogen (secondary N) is 1. The summed E-state index contributed by atoms with van der Waals surface area (Å²) in [5.74, 6) is 0.911.